The van der Waals surface area contributed by atoms with Gasteiger partial charge in [-0.2, -0.15) is 0 Å². The normalized spacial score (nSPS) is 26.7. The van der Waals surface area contributed by atoms with Crippen LogP contribution < -0.4 is 10.6 Å². The van der Waals surface area contributed by atoms with Crippen LogP contribution in [0.2, 0.25) is 0 Å². The van der Waals surface area contributed by atoms with Gasteiger partial charge in [0.1, 0.15) is 0 Å². The van der Waals surface area contributed by atoms with E-state index in [0.29, 0.717) is 18.5 Å². The molecule has 1 atom stereocenters. The van der Waals surface area contributed by atoms with Crippen molar-refractivity contribution >= 4 is 5.91 Å². The molecule has 0 aromatic heterocycles. The first-order chi connectivity index (χ1) is 8.34. The van der Waals surface area contributed by atoms with Crippen LogP contribution in [0, 0.1) is 0 Å². The van der Waals surface area contributed by atoms with Gasteiger partial charge < -0.3 is 10.6 Å². The summed E-state index contributed by atoms with van der Waals surface area (Å²) in [5.74, 6) is 0.269. The van der Waals surface area contributed by atoms with E-state index < -0.39 is 0 Å². The van der Waals surface area contributed by atoms with Gasteiger partial charge >= 0.3 is 0 Å². The van der Waals surface area contributed by atoms with Crippen molar-refractivity contribution in [1.29, 1.82) is 0 Å². The molecule has 17 heavy (non-hydrogen) atoms. The lowest BCUT2D eigenvalue weighted by Gasteiger charge is -2.17. The highest BCUT2D eigenvalue weighted by Crippen LogP contribution is 2.17. The quantitative estimate of drug-likeness (QED) is 0.738. The third kappa shape index (κ3) is 4.66. The Kier molecular flexibility index (Phi) is 5.30. The van der Waals surface area contributed by atoms with Crippen LogP contribution in [-0.4, -0.2) is 24.5 Å². The number of amides is 1. The fourth-order valence-electron chi connectivity index (χ4n) is 3.03. The number of hydrogen-bond donors (Lipinski definition) is 2. The summed E-state index contributed by atoms with van der Waals surface area (Å²) in [4.78, 5) is 11.8. The van der Waals surface area contributed by atoms with E-state index >= 15 is 0 Å². The Morgan fingerprint density at radius 2 is 1.82 bits per heavy atom. The minimum atomic E-state index is 0.269. The van der Waals surface area contributed by atoms with Crippen LogP contribution in [0.1, 0.15) is 64.2 Å². The first-order valence-corrected chi connectivity index (χ1v) is 7.37. The maximum Gasteiger partial charge on any atom is 0.220 e. The molecule has 1 amide bonds. The summed E-state index contributed by atoms with van der Waals surface area (Å²) in [6.45, 7) is 1.13. The molecule has 3 heteroatoms. The molecule has 1 unspecified atom stereocenters. The van der Waals surface area contributed by atoms with Gasteiger partial charge in [0.15, 0.2) is 0 Å². The maximum atomic E-state index is 11.8. The van der Waals surface area contributed by atoms with Crippen molar-refractivity contribution in [2.75, 3.05) is 6.54 Å². The summed E-state index contributed by atoms with van der Waals surface area (Å²) in [6.07, 6.45) is 11.9. The van der Waals surface area contributed by atoms with Crippen molar-refractivity contribution in [2.45, 2.75) is 76.3 Å². The molecule has 1 saturated carbocycles. The van der Waals surface area contributed by atoms with E-state index in [1.807, 2.05) is 0 Å². The molecule has 2 fully saturated rings. The second-order valence-electron chi connectivity index (χ2n) is 5.59. The third-order valence-corrected chi connectivity index (χ3v) is 4.10. The van der Waals surface area contributed by atoms with Gasteiger partial charge in [0.05, 0.1) is 0 Å². The number of nitrogens with one attached hydrogen (secondary N) is 2. The summed E-state index contributed by atoms with van der Waals surface area (Å²) >= 11 is 0. The lowest BCUT2D eigenvalue weighted by molar-refractivity contribution is -0.122. The molecule has 1 heterocycles. The Labute approximate surface area is 105 Å². The van der Waals surface area contributed by atoms with Crippen molar-refractivity contribution < 1.29 is 4.79 Å². The van der Waals surface area contributed by atoms with Gasteiger partial charge in [0, 0.05) is 18.5 Å². The number of hydrogen-bond acceptors (Lipinski definition) is 2. The molecular weight excluding hydrogens is 212 g/mol. The predicted octanol–water partition coefficient (Wildman–Crippen LogP) is 2.36. The Morgan fingerprint density at radius 1 is 1.06 bits per heavy atom. The summed E-state index contributed by atoms with van der Waals surface area (Å²) in [5.41, 5.74) is 0. The highest BCUT2D eigenvalue weighted by molar-refractivity contribution is 5.76. The van der Waals surface area contributed by atoms with E-state index in [2.05, 4.69) is 10.6 Å². The van der Waals surface area contributed by atoms with Crippen molar-refractivity contribution in [3.05, 3.63) is 0 Å². The van der Waals surface area contributed by atoms with E-state index in [4.69, 9.17) is 0 Å². The summed E-state index contributed by atoms with van der Waals surface area (Å²) < 4.78 is 0. The highest BCUT2D eigenvalue weighted by atomic mass is 16.1. The SMILES string of the molecule is O=C(CCC1CCCN1)NC1CCCCCC1. The van der Waals surface area contributed by atoms with Crippen molar-refractivity contribution in [1.82, 2.24) is 10.6 Å². The van der Waals surface area contributed by atoms with E-state index in [1.165, 1.54) is 51.4 Å². The van der Waals surface area contributed by atoms with Gasteiger partial charge in [-0.05, 0) is 38.6 Å². The predicted molar refractivity (Wildman–Crippen MR) is 69.9 cm³/mol. The van der Waals surface area contributed by atoms with Crippen molar-refractivity contribution in [3.63, 3.8) is 0 Å². The van der Waals surface area contributed by atoms with Crippen LogP contribution in [0.5, 0.6) is 0 Å². The molecule has 2 N–H and O–H groups in total. The highest BCUT2D eigenvalue weighted by Gasteiger charge is 2.17. The fourth-order valence-corrected chi connectivity index (χ4v) is 3.03. The molecule has 0 bridgehead atoms. The summed E-state index contributed by atoms with van der Waals surface area (Å²) in [6, 6.07) is 1.05. The third-order valence-electron chi connectivity index (χ3n) is 4.10. The van der Waals surface area contributed by atoms with E-state index in [1.54, 1.807) is 0 Å². The van der Waals surface area contributed by atoms with Crippen molar-refractivity contribution in [3.8, 4) is 0 Å². The van der Waals surface area contributed by atoms with Gasteiger partial charge in [-0.1, -0.05) is 25.7 Å². The first-order valence-electron chi connectivity index (χ1n) is 7.37. The molecule has 0 spiro atoms. The van der Waals surface area contributed by atoms with Crippen LogP contribution in [0.4, 0.5) is 0 Å². The van der Waals surface area contributed by atoms with Crippen LogP contribution in [0.15, 0.2) is 0 Å². The molecular formula is C14H26N2O. The van der Waals surface area contributed by atoms with Crippen LogP contribution in [0.3, 0.4) is 0 Å². The molecule has 98 valence electrons. The van der Waals surface area contributed by atoms with Gasteiger partial charge in [-0.25, -0.2) is 0 Å². The summed E-state index contributed by atoms with van der Waals surface area (Å²) in [5, 5.41) is 6.66. The molecule has 1 aliphatic carbocycles. The standard InChI is InChI=1S/C14H26N2O/c17-14(10-9-12-8-5-11-15-12)16-13-6-3-1-2-4-7-13/h12-13,15H,1-11H2,(H,16,17). The average Bonchev–Trinajstić information content (AvgIpc) is 2.72. The van der Waals surface area contributed by atoms with E-state index in [0.717, 1.165) is 13.0 Å². The summed E-state index contributed by atoms with van der Waals surface area (Å²) in [7, 11) is 0. The minimum Gasteiger partial charge on any atom is -0.353 e. The lowest BCUT2D eigenvalue weighted by Crippen LogP contribution is -2.35. The van der Waals surface area contributed by atoms with Gasteiger partial charge in [-0.3, -0.25) is 4.79 Å². The maximum absolute atomic E-state index is 11.8. The molecule has 0 aromatic carbocycles. The minimum absolute atomic E-state index is 0.269. The number of carbonyl (C=O) groups is 1. The van der Waals surface area contributed by atoms with Gasteiger partial charge in [-0.15, -0.1) is 0 Å². The largest absolute Gasteiger partial charge is 0.353 e. The smallest absolute Gasteiger partial charge is 0.220 e. The molecule has 0 aromatic rings. The second-order valence-corrected chi connectivity index (χ2v) is 5.59. The molecule has 0 radical (unpaired) electrons. The first kappa shape index (κ1) is 12.9. The van der Waals surface area contributed by atoms with E-state index in [9.17, 15) is 4.79 Å². The Balaban J connectivity index is 1.61. The monoisotopic (exact) mass is 238 g/mol. The van der Waals surface area contributed by atoms with Crippen molar-refractivity contribution in [2.24, 2.45) is 0 Å². The van der Waals surface area contributed by atoms with Gasteiger partial charge in [0.25, 0.3) is 0 Å². The zero-order chi connectivity index (χ0) is 11.9. The zero-order valence-corrected chi connectivity index (χ0v) is 10.8. The number of carbonyl (C=O) groups excluding carboxylic acids is 1. The molecule has 2 rings (SSSR count). The Hall–Kier alpha value is -0.570. The van der Waals surface area contributed by atoms with Gasteiger partial charge in [0.2, 0.25) is 5.91 Å². The molecule has 3 nitrogen and oxygen atoms in total. The van der Waals surface area contributed by atoms with E-state index in [-0.39, 0.29) is 5.91 Å². The fraction of sp³-hybridized carbons (Fsp3) is 0.929. The molecule has 1 aliphatic heterocycles. The molecule has 2 aliphatic rings. The Morgan fingerprint density at radius 3 is 2.47 bits per heavy atom. The number of rotatable bonds is 4. The van der Waals surface area contributed by atoms with Crippen LogP contribution in [0.25, 0.3) is 0 Å². The Bertz CT molecular complexity index is 228. The second kappa shape index (κ2) is 7.00. The zero-order valence-electron chi connectivity index (χ0n) is 10.8. The van der Waals surface area contributed by atoms with Crippen LogP contribution in [-0.2, 0) is 4.79 Å². The van der Waals surface area contributed by atoms with Crippen LogP contribution >= 0.6 is 0 Å². The topological polar surface area (TPSA) is 41.1 Å². The average molecular weight is 238 g/mol. The molecule has 1 saturated heterocycles. The lowest BCUT2D eigenvalue weighted by atomic mass is 10.1.